The Bertz CT molecular complexity index is 689. The van der Waals surface area contributed by atoms with Gasteiger partial charge in [-0.15, -0.1) is 35.3 Å². The zero-order chi connectivity index (χ0) is 17.6. The van der Waals surface area contributed by atoms with Gasteiger partial charge >= 0.3 is 0 Å². The first-order chi connectivity index (χ1) is 11.4. The number of nitrogens with one attached hydrogen (secondary N) is 2. The second kappa shape index (κ2) is 10.1. The molecule has 138 valence electrons. The number of rotatable bonds is 5. The predicted octanol–water partition coefficient (Wildman–Crippen LogP) is 4.27. The Morgan fingerprint density at radius 2 is 1.92 bits per heavy atom. The van der Waals surface area contributed by atoms with E-state index in [4.69, 9.17) is 4.98 Å². The first kappa shape index (κ1) is 21.9. The number of thiazole rings is 1. The average molecular weight is 472 g/mol. The molecular formula is C19H29IN4S. The highest BCUT2D eigenvalue weighted by Crippen LogP contribution is 2.23. The van der Waals surface area contributed by atoms with Crippen LogP contribution in [0.2, 0.25) is 0 Å². The molecule has 0 aliphatic carbocycles. The molecule has 2 aromatic rings. The number of hydrogen-bond donors (Lipinski definition) is 2. The molecule has 4 nitrogen and oxygen atoms in total. The summed E-state index contributed by atoms with van der Waals surface area (Å²) in [5, 5.41) is 10.1. The highest BCUT2D eigenvalue weighted by Gasteiger charge is 2.17. The van der Waals surface area contributed by atoms with E-state index >= 15 is 0 Å². The van der Waals surface area contributed by atoms with Gasteiger partial charge in [0, 0.05) is 37.4 Å². The Hall–Kier alpha value is -1.15. The molecule has 0 atom stereocenters. The summed E-state index contributed by atoms with van der Waals surface area (Å²) in [6, 6.07) is 8.39. The Balaban J connectivity index is 0.00000312. The fourth-order valence-electron chi connectivity index (χ4n) is 2.27. The second-order valence-electron chi connectivity index (χ2n) is 6.91. The predicted molar refractivity (Wildman–Crippen MR) is 119 cm³/mol. The van der Waals surface area contributed by atoms with Crippen molar-refractivity contribution in [3.63, 3.8) is 0 Å². The molecule has 0 aliphatic rings. The van der Waals surface area contributed by atoms with Crippen molar-refractivity contribution >= 4 is 41.3 Å². The number of nitrogens with zero attached hydrogens (tertiary/aromatic N) is 2. The van der Waals surface area contributed by atoms with Gasteiger partial charge in [-0.1, -0.05) is 45.0 Å². The largest absolute Gasteiger partial charge is 0.356 e. The summed E-state index contributed by atoms with van der Waals surface area (Å²) in [5.74, 6) is 0.825. The summed E-state index contributed by atoms with van der Waals surface area (Å²) >= 11 is 1.74. The third-order valence-corrected chi connectivity index (χ3v) is 4.79. The maximum absolute atomic E-state index is 4.73. The molecule has 0 saturated heterocycles. The lowest BCUT2D eigenvalue weighted by molar-refractivity contribution is 0.570. The van der Waals surface area contributed by atoms with E-state index in [1.165, 1.54) is 21.8 Å². The van der Waals surface area contributed by atoms with Crippen LogP contribution in [0.15, 0.2) is 34.6 Å². The molecule has 2 N–H and O–H groups in total. The summed E-state index contributed by atoms with van der Waals surface area (Å²) in [4.78, 5) is 9.01. The average Bonchev–Trinajstić information content (AvgIpc) is 3.01. The van der Waals surface area contributed by atoms with Gasteiger partial charge in [-0.05, 0) is 18.1 Å². The van der Waals surface area contributed by atoms with Gasteiger partial charge in [-0.25, -0.2) is 4.98 Å². The van der Waals surface area contributed by atoms with Gasteiger partial charge in [-0.2, -0.15) is 0 Å². The van der Waals surface area contributed by atoms with Crippen molar-refractivity contribution in [1.82, 2.24) is 15.6 Å². The highest BCUT2D eigenvalue weighted by atomic mass is 127. The molecule has 0 aliphatic heterocycles. The van der Waals surface area contributed by atoms with Gasteiger partial charge in [0.15, 0.2) is 5.96 Å². The molecule has 1 heterocycles. The van der Waals surface area contributed by atoms with Crippen LogP contribution < -0.4 is 10.6 Å². The normalized spacial score (nSPS) is 11.8. The summed E-state index contributed by atoms with van der Waals surface area (Å²) < 4.78 is 0. The van der Waals surface area contributed by atoms with Crippen molar-refractivity contribution in [2.75, 3.05) is 13.6 Å². The maximum Gasteiger partial charge on any atom is 0.191 e. The molecule has 1 aromatic carbocycles. The topological polar surface area (TPSA) is 49.3 Å². The number of aryl methyl sites for hydroxylation is 1. The van der Waals surface area contributed by atoms with Gasteiger partial charge in [-0.3, -0.25) is 4.99 Å². The van der Waals surface area contributed by atoms with E-state index in [0.29, 0.717) is 0 Å². The van der Waals surface area contributed by atoms with Crippen LogP contribution in [0.25, 0.3) is 0 Å². The van der Waals surface area contributed by atoms with E-state index in [1.807, 2.05) is 0 Å². The quantitative estimate of drug-likeness (QED) is 0.388. The van der Waals surface area contributed by atoms with Crippen molar-refractivity contribution in [3.05, 3.63) is 51.5 Å². The number of benzene rings is 1. The van der Waals surface area contributed by atoms with Crippen molar-refractivity contribution in [2.45, 2.75) is 46.1 Å². The first-order valence-electron chi connectivity index (χ1n) is 8.34. The molecule has 6 heteroatoms. The zero-order valence-corrected chi connectivity index (χ0v) is 18.9. The molecule has 1 aromatic heterocycles. The molecular weight excluding hydrogens is 443 g/mol. The summed E-state index contributed by atoms with van der Waals surface area (Å²) in [5.41, 5.74) is 3.87. The third kappa shape index (κ3) is 6.93. The van der Waals surface area contributed by atoms with Gasteiger partial charge in [0.05, 0.1) is 10.7 Å². The molecule has 0 amide bonds. The molecule has 0 radical (unpaired) electrons. The molecule has 25 heavy (non-hydrogen) atoms. The van der Waals surface area contributed by atoms with Crippen LogP contribution in [0, 0.1) is 6.92 Å². The molecule has 0 spiro atoms. The second-order valence-corrected chi connectivity index (χ2v) is 7.85. The number of halogens is 1. The molecule has 0 bridgehead atoms. The number of aliphatic imine (C=N–C) groups is 1. The first-order valence-corrected chi connectivity index (χ1v) is 9.22. The third-order valence-electron chi connectivity index (χ3n) is 3.88. The lowest BCUT2D eigenvalue weighted by atomic mass is 9.93. The minimum absolute atomic E-state index is 0. The molecule has 0 saturated carbocycles. The maximum atomic E-state index is 4.73. The summed E-state index contributed by atoms with van der Waals surface area (Å²) in [6.07, 6.45) is 0.909. The monoisotopic (exact) mass is 472 g/mol. The standard InChI is InChI=1S/C19H28N4S.HI/c1-14-8-6-7-9-15(14)12-22-18(20-5)21-11-10-17-23-16(13-24-17)19(2,3)4;/h6-9,13H,10-12H2,1-5H3,(H2,20,21,22);1H. The van der Waals surface area contributed by atoms with Crippen LogP contribution >= 0.6 is 35.3 Å². The lowest BCUT2D eigenvalue weighted by Crippen LogP contribution is -2.38. The molecule has 2 rings (SSSR count). The summed E-state index contributed by atoms with van der Waals surface area (Å²) in [6.45, 7) is 10.3. The van der Waals surface area contributed by atoms with Crippen molar-refractivity contribution in [2.24, 2.45) is 4.99 Å². The lowest BCUT2D eigenvalue weighted by Gasteiger charge is -2.14. The van der Waals surface area contributed by atoms with E-state index in [-0.39, 0.29) is 29.4 Å². The van der Waals surface area contributed by atoms with Crippen LogP contribution in [0.3, 0.4) is 0 Å². The van der Waals surface area contributed by atoms with Gasteiger partial charge in [0.25, 0.3) is 0 Å². The van der Waals surface area contributed by atoms with Crippen LogP contribution in [0.1, 0.15) is 42.6 Å². The van der Waals surface area contributed by atoms with Gasteiger partial charge in [0.1, 0.15) is 0 Å². The summed E-state index contributed by atoms with van der Waals surface area (Å²) in [7, 11) is 1.80. The van der Waals surface area contributed by atoms with E-state index in [9.17, 15) is 0 Å². The number of aromatic nitrogens is 1. The Labute approximate surface area is 172 Å². The fourth-order valence-corrected chi connectivity index (χ4v) is 3.29. The smallest absolute Gasteiger partial charge is 0.191 e. The van der Waals surface area contributed by atoms with Crippen LogP contribution in [-0.4, -0.2) is 24.5 Å². The Morgan fingerprint density at radius 3 is 2.52 bits per heavy atom. The molecule has 0 fully saturated rings. The highest BCUT2D eigenvalue weighted by molar-refractivity contribution is 14.0. The molecule has 0 unspecified atom stereocenters. The van der Waals surface area contributed by atoms with E-state index in [2.05, 4.69) is 73.0 Å². The fraction of sp³-hybridized carbons (Fsp3) is 0.474. The minimum Gasteiger partial charge on any atom is -0.356 e. The van der Waals surface area contributed by atoms with Crippen LogP contribution in [0.4, 0.5) is 0 Å². The van der Waals surface area contributed by atoms with E-state index < -0.39 is 0 Å². The number of guanidine groups is 1. The Morgan fingerprint density at radius 1 is 1.20 bits per heavy atom. The van der Waals surface area contributed by atoms with Crippen molar-refractivity contribution < 1.29 is 0 Å². The zero-order valence-electron chi connectivity index (χ0n) is 15.7. The SMILES string of the molecule is CN=C(NCCc1nc(C(C)(C)C)cs1)NCc1ccccc1C.I. The van der Waals surface area contributed by atoms with Crippen LogP contribution in [-0.2, 0) is 18.4 Å². The minimum atomic E-state index is 0. The van der Waals surface area contributed by atoms with E-state index in [1.54, 1.807) is 18.4 Å². The van der Waals surface area contributed by atoms with Crippen LogP contribution in [0.5, 0.6) is 0 Å². The van der Waals surface area contributed by atoms with E-state index in [0.717, 1.165) is 25.5 Å². The van der Waals surface area contributed by atoms with Gasteiger partial charge in [0.2, 0.25) is 0 Å². The Kier molecular flexibility index (Phi) is 8.85. The van der Waals surface area contributed by atoms with Crippen molar-refractivity contribution in [1.29, 1.82) is 0 Å². The van der Waals surface area contributed by atoms with Gasteiger partial charge < -0.3 is 10.6 Å². The van der Waals surface area contributed by atoms with Crippen molar-refractivity contribution in [3.8, 4) is 0 Å². The number of hydrogen-bond acceptors (Lipinski definition) is 3.